The minimum absolute atomic E-state index is 0.740. The zero-order valence-electron chi connectivity index (χ0n) is 10.8. The molecule has 96 valence electrons. The summed E-state index contributed by atoms with van der Waals surface area (Å²) in [5, 5.41) is 12.5. The molecule has 0 aliphatic carbocycles. The highest BCUT2D eigenvalue weighted by molar-refractivity contribution is 7.99. The summed E-state index contributed by atoms with van der Waals surface area (Å²) >= 11 is 2.03. The third kappa shape index (κ3) is 3.66. The van der Waals surface area contributed by atoms with Crippen molar-refractivity contribution in [2.45, 2.75) is 6.92 Å². The Labute approximate surface area is 113 Å². The van der Waals surface area contributed by atoms with Gasteiger partial charge in [0.2, 0.25) is 0 Å². The Morgan fingerprint density at radius 1 is 1.39 bits per heavy atom. The van der Waals surface area contributed by atoms with Crippen molar-refractivity contribution in [2.24, 2.45) is 0 Å². The monoisotopic (exact) mass is 261 g/mol. The number of hydrogen-bond acceptors (Lipinski definition) is 4. The number of nitriles is 1. The van der Waals surface area contributed by atoms with Gasteiger partial charge < -0.3 is 5.32 Å². The summed E-state index contributed by atoms with van der Waals surface area (Å²) in [6.45, 7) is 6.34. The van der Waals surface area contributed by atoms with Crippen molar-refractivity contribution in [1.29, 1.82) is 5.26 Å². The molecule has 1 aliphatic rings. The van der Waals surface area contributed by atoms with Crippen LogP contribution in [-0.4, -0.2) is 42.6 Å². The van der Waals surface area contributed by atoms with Gasteiger partial charge in [-0.15, -0.1) is 0 Å². The zero-order chi connectivity index (χ0) is 12.8. The lowest BCUT2D eigenvalue weighted by Crippen LogP contribution is -2.36. The Balaban J connectivity index is 1.84. The van der Waals surface area contributed by atoms with E-state index >= 15 is 0 Å². The van der Waals surface area contributed by atoms with E-state index < -0.39 is 0 Å². The lowest BCUT2D eigenvalue weighted by Gasteiger charge is -2.26. The first-order valence-electron chi connectivity index (χ1n) is 6.34. The highest BCUT2D eigenvalue weighted by Crippen LogP contribution is 2.16. The van der Waals surface area contributed by atoms with E-state index in [0.717, 1.165) is 29.9 Å². The Morgan fingerprint density at radius 2 is 2.17 bits per heavy atom. The van der Waals surface area contributed by atoms with Gasteiger partial charge in [0.25, 0.3) is 0 Å². The van der Waals surface area contributed by atoms with Gasteiger partial charge in [-0.3, -0.25) is 4.90 Å². The summed E-state index contributed by atoms with van der Waals surface area (Å²) < 4.78 is 0. The van der Waals surface area contributed by atoms with E-state index in [9.17, 15) is 0 Å². The van der Waals surface area contributed by atoms with E-state index in [4.69, 9.17) is 5.26 Å². The van der Waals surface area contributed by atoms with Gasteiger partial charge in [-0.2, -0.15) is 17.0 Å². The fourth-order valence-corrected chi connectivity index (χ4v) is 3.06. The molecule has 0 radical (unpaired) electrons. The van der Waals surface area contributed by atoms with E-state index in [1.165, 1.54) is 24.6 Å². The van der Waals surface area contributed by atoms with Gasteiger partial charge in [0.15, 0.2) is 0 Å². The maximum absolute atomic E-state index is 9.09. The molecule has 1 N–H and O–H groups in total. The van der Waals surface area contributed by atoms with Crippen molar-refractivity contribution >= 4 is 17.4 Å². The number of nitrogens with zero attached hydrogens (tertiary/aromatic N) is 2. The normalized spacial score (nSPS) is 16.2. The van der Waals surface area contributed by atoms with Gasteiger partial charge in [-0.25, -0.2) is 0 Å². The van der Waals surface area contributed by atoms with Crippen LogP contribution >= 0.6 is 11.8 Å². The van der Waals surface area contributed by atoms with Crippen LogP contribution in [0, 0.1) is 18.3 Å². The molecule has 18 heavy (non-hydrogen) atoms. The van der Waals surface area contributed by atoms with E-state index in [-0.39, 0.29) is 0 Å². The van der Waals surface area contributed by atoms with Gasteiger partial charge in [0.1, 0.15) is 6.07 Å². The number of thioether (sulfide) groups is 1. The maximum Gasteiger partial charge on any atom is 0.101 e. The summed E-state index contributed by atoms with van der Waals surface area (Å²) in [5.74, 6) is 2.49. The topological polar surface area (TPSA) is 39.1 Å². The van der Waals surface area contributed by atoms with E-state index in [0.29, 0.717) is 0 Å². The number of rotatable bonds is 4. The number of benzene rings is 1. The second-order valence-electron chi connectivity index (χ2n) is 4.54. The molecular weight excluding hydrogens is 242 g/mol. The standard InChI is InChI=1S/C14H19N3S/c1-12-2-3-14(13(10-12)11-15)16-4-5-17-6-8-18-9-7-17/h2-3,10,16H,4-9H2,1H3. The number of hydrogen-bond donors (Lipinski definition) is 1. The van der Waals surface area contributed by atoms with Crippen molar-refractivity contribution in [3.63, 3.8) is 0 Å². The van der Waals surface area contributed by atoms with Gasteiger partial charge in [-0.1, -0.05) is 6.07 Å². The molecule has 0 aromatic heterocycles. The molecule has 1 aromatic rings. The van der Waals surface area contributed by atoms with E-state index in [1.54, 1.807) is 0 Å². The summed E-state index contributed by atoms with van der Waals surface area (Å²) in [7, 11) is 0. The highest BCUT2D eigenvalue weighted by Gasteiger charge is 2.09. The largest absolute Gasteiger partial charge is 0.383 e. The Morgan fingerprint density at radius 3 is 2.89 bits per heavy atom. The van der Waals surface area contributed by atoms with Crippen molar-refractivity contribution < 1.29 is 0 Å². The minimum Gasteiger partial charge on any atom is -0.383 e. The molecule has 1 fully saturated rings. The summed E-state index contributed by atoms with van der Waals surface area (Å²) in [5.41, 5.74) is 2.82. The van der Waals surface area contributed by atoms with Crippen LogP contribution in [0.25, 0.3) is 0 Å². The fraction of sp³-hybridized carbons (Fsp3) is 0.500. The Kier molecular flexibility index (Phi) is 4.91. The Hall–Kier alpha value is -1.18. The highest BCUT2D eigenvalue weighted by atomic mass is 32.2. The third-order valence-corrected chi connectivity index (χ3v) is 4.09. The first-order chi connectivity index (χ1) is 8.79. The van der Waals surface area contributed by atoms with Crippen LogP contribution in [-0.2, 0) is 0 Å². The third-order valence-electron chi connectivity index (χ3n) is 3.14. The summed E-state index contributed by atoms with van der Waals surface area (Å²) in [4.78, 5) is 2.48. The van der Waals surface area contributed by atoms with Crippen molar-refractivity contribution in [2.75, 3.05) is 43.0 Å². The molecule has 1 aliphatic heterocycles. The van der Waals surface area contributed by atoms with Crippen LogP contribution in [0.3, 0.4) is 0 Å². The molecule has 4 heteroatoms. The molecule has 0 amide bonds. The van der Waals surface area contributed by atoms with Crippen LogP contribution in [0.4, 0.5) is 5.69 Å². The molecular formula is C14H19N3S. The molecule has 0 spiro atoms. The van der Waals surface area contributed by atoms with E-state index in [2.05, 4.69) is 16.3 Å². The maximum atomic E-state index is 9.09. The predicted octanol–water partition coefficient (Wildman–Crippen LogP) is 2.33. The van der Waals surface area contributed by atoms with Gasteiger partial charge in [0, 0.05) is 37.7 Å². The van der Waals surface area contributed by atoms with Crippen LogP contribution in [0.1, 0.15) is 11.1 Å². The average molecular weight is 261 g/mol. The number of nitrogens with one attached hydrogen (secondary N) is 1. The molecule has 3 nitrogen and oxygen atoms in total. The predicted molar refractivity (Wildman–Crippen MR) is 78.1 cm³/mol. The fourth-order valence-electron chi connectivity index (χ4n) is 2.08. The van der Waals surface area contributed by atoms with Crippen LogP contribution < -0.4 is 5.32 Å². The molecule has 1 aromatic carbocycles. The molecule has 0 saturated carbocycles. The van der Waals surface area contributed by atoms with Gasteiger partial charge in [0.05, 0.1) is 11.3 Å². The smallest absolute Gasteiger partial charge is 0.101 e. The van der Waals surface area contributed by atoms with Gasteiger partial charge >= 0.3 is 0 Å². The average Bonchev–Trinajstić information content (AvgIpc) is 2.41. The molecule has 0 unspecified atom stereocenters. The number of anilines is 1. The quantitative estimate of drug-likeness (QED) is 0.903. The van der Waals surface area contributed by atoms with Crippen LogP contribution in [0.5, 0.6) is 0 Å². The summed E-state index contributed by atoms with van der Waals surface area (Å²) in [6.07, 6.45) is 0. The van der Waals surface area contributed by atoms with Crippen molar-refractivity contribution in [3.05, 3.63) is 29.3 Å². The lowest BCUT2D eigenvalue weighted by molar-refractivity contribution is 0.314. The minimum atomic E-state index is 0.740. The van der Waals surface area contributed by atoms with E-state index in [1.807, 2.05) is 36.9 Å². The SMILES string of the molecule is Cc1ccc(NCCN2CCSCC2)c(C#N)c1. The van der Waals surface area contributed by atoms with Crippen molar-refractivity contribution in [1.82, 2.24) is 4.90 Å². The van der Waals surface area contributed by atoms with Crippen molar-refractivity contribution in [3.8, 4) is 6.07 Å². The first-order valence-corrected chi connectivity index (χ1v) is 7.50. The number of aryl methyl sites for hydroxylation is 1. The van der Waals surface area contributed by atoms with Gasteiger partial charge in [-0.05, 0) is 24.6 Å². The molecule has 1 heterocycles. The molecule has 0 atom stereocenters. The van der Waals surface area contributed by atoms with Crippen LogP contribution in [0.2, 0.25) is 0 Å². The van der Waals surface area contributed by atoms with Crippen LogP contribution in [0.15, 0.2) is 18.2 Å². The zero-order valence-corrected chi connectivity index (χ0v) is 11.6. The Bertz CT molecular complexity index is 433. The molecule has 1 saturated heterocycles. The molecule has 2 rings (SSSR count). The molecule has 0 bridgehead atoms. The second kappa shape index (κ2) is 6.67. The first kappa shape index (κ1) is 13.3. The summed E-state index contributed by atoms with van der Waals surface area (Å²) in [6, 6.07) is 8.22. The second-order valence-corrected chi connectivity index (χ2v) is 5.77. The lowest BCUT2D eigenvalue weighted by atomic mass is 10.1.